The molecule has 2 N–H and O–H groups in total. The smallest absolute Gasteiger partial charge is 0.167 e. The summed E-state index contributed by atoms with van der Waals surface area (Å²) < 4.78 is 19.5. The largest absolute Gasteiger partial charge is 0.487 e. The Morgan fingerprint density at radius 2 is 2.05 bits per heavy atom. The maximum absolute atomic E-state index is 13.5. The standard InChI is InChI=1S/C16H23FN2OS/c1-15(2,3)19-14(21)18-12-9-16(4,5)20-13-7-6-10(17)8-11(12)13/h6-8,12H,9H2,1-5H3,(H2,18,19,21). The number of hydrogen-bond donors (Lipinski definition) is 2. The highest BCUT2D eigenvalue weighted by atomic mass is 32.1. The Labute approximate surface area is 131 Å². The van der Waals surface area contributed by atoms with E-state index in [9.17, 15) is 4.39 Å². The topological polar surface area (TPSA) is 33.3 Å². The third-order valence-electron chi connectivity index (χ3n) is 3.22. The zero-order valence-electron chi connectivity index (χ0n) is 13.2. The van der Waals surface area contributed by atoms with E-state index < -0.39 is 0 Å². The van der Waals surface area contributed by atoms with Crippen molar-refractivity contribution < 1.29 is 9.13 Å². The Hall–Kier alpha value is -1.36. The maximum Gasteiger partial charge on any atom is 0.167 e. The van der Waals surface area contributed by atoms with Crippen LogP contribution in [0, 0.1) is 5.82 Å². The molecule has 1 aromatic carbocycles. The number of thiocarbonyl (C=S) groups is 1. The van der Waals surface area contributed by atoms with Crippen LogP contribution in [0.1, 0.15) is 52.6 Å². The number of rotatable bonds is 1. The van der Waals surface area contributed by atoms with Crippen LogP contribution in [0.5, 0.6) is 5.75 Å². The van der Waals surface area contributed by atoms with Gasteiger partial charge >= 0.3 is 0 Å². The molecule has 1 aromatic rings. The van der Waals surface area contributed by atoms with Crippen molar-refractivity contribution in [2.45, 2.75) is 58.2 Å². The first-order valence-electron chi connectivity index (χ1n) is 7.13. The molecule has 21 heavy (non-hydrogen) atoms. The molecule has 0 saturated heterocycles. The van der Waals surface area contributed by atoms with Gasteiger partial charge in [-0.15, -0.1) is 0 Å². The van der Waals surface area contributed by atoms with Crippen molar-refractivity contribution in [1.29, 1.82) is 0 Å². The molecule has 1 unspecified atom stereocenters. The molecule has 5 heteroatoms. The minimum Gasteiger partial charge on any atom is -0.487 e. The Bertz CT molecular complexity index is 552. The normalized spacial score (nSPS) is 20.2. The van der Waals surface area contributed by atoms with Crippen LogP contribution in [0.3, 0.4) is 0 Å². The number of ether oxygens (including phenoxy) is 1. The van der Waals surface area contributed by atoms with E-state index in [4.69, 9.17) is 17.0 Å². The van der Waals surface area contributed by atoms with Gasteiger partial charge in [-0.3, -0.25) is 0 Å². The summed E-state index contributed by atoms with van der Waals surface area (Å²) in [7, 11) is 0. The number of halogens is 1. The highest BCUT2D eigenvalue weighted by molar-refractivity contribution is 7.80. The van der Waals surface area contributed by atoms with E-state index in [1.807, 2.05) is 34.6 Å². The van der Waals surface area contributed by atoms with Gasteiger partial charge in [-0.2, -0.15) is 0 Å². The lowest BCUT2D eigenvalue weighted by Crippen LogP contribution is -2.49. The molecule has 1 heterocycles. The second-order valence-corrected chi connectivity index (χ2v) is 7.56. The van der Waals surface area contributed by atoms with Gasteiger partial charge in [0.05, 0.1) is 6.04 Å². The summed E-state index contributed by atoms with van der Waals surface area (Å²) in [4.78, 5) is 0. The third kappa shape index (κ3) is 4.30. The Balaban J connectivity index is 2.23. The van der Waals surface area contributed by atoms with E-state index in [-0.39, 0.29) is 23.0 Å². The summed E-state index contributed by atoms with van der Waals surface area (Å²) in [5.41, 5.74) is 0.377. The van der Waals surface area contributed by atoms with Gasteiger partial charge in [0.15, 0.2) is 5.11 Å². The minimum atomic E-state index is -0.320. The Morgan fingerprint density at radius 3 is 2.67 bits per heavy atom. The highest BCUT2D eigenvalue weighted by Crippen LogP contribution is 2.39. The first-order chi connectivity index (χ1) is 9.56. The molecule has 0 bridgehead atoms. The molecule has 1 aliphatic heterocycles. The van der Waals surface area contributed by atoms with Crippen LogP contribution in [-0.2, 0) is 0 Å². The van der Waals surface area contributed by atoms with Gasteiger partial charge in [0.25, 0.3) is 0 Å². The number of fused-ring (bicyclic) bond motifs is 1. The van der Waals surface area contributed by atoms with Crippen LogP contribution in [0.25, 0.3) is 0 Å². The van der Waals surface area contributed by atoms with Crippen LogP contribution >= 0.6 is 12.2 Å². The zero-order chi connectivity index (χ0) is 15.8. The average Bonchev–Trinajstić information content (AvgIpc) is 2.26. The molecule has 0 aromatic heterocycles. The summed E-state index contributed by atoms with van der Waals surface area (Å²) in [5.74, 6) is 0.447. The van der Waals surface area contributed by atoms with E-state index in [2.05, 4.69) is 10.6 Å². The minimum absolute atomic E-state index is 0.0678. The Kier molecular flexibility index (Phi) is 4.15. The van der Waals surface area contributed by atoms with Crippen molar-refractivity contribution in [1.82, 2.24) is 10.6 Å². The number of benzene rings is 1. The molecular weight excluding hydrogens is 287 g/mol. The van der Waals surface area contributed by atoms with Crippen LogP contribution in [0.4, 0.5) is 4.39 Å². The van der Waals surface area contributed by atoms with Crippen molar-refractivity contribution in [3.63, 3.8) is 0 Å². The first kappa shape index (κ1) is 16.0. The van der Waals surface area contributed by atoms with Crippen molar-refractivity contribution in [2.75, 3.05) is 0 Å². The molecule has 0 radical (unpaired) electrons. The first-order valence-corrected chi connectivity index (χ1v) is 7.54. The van der Waals surface area contributed by atoms with Crippen molar-refractivity contribution in [2.24, 2.45) is 0 Å². The van der Waals surface area contributed by atoms with Gasteiger partial charge in [0.1, 0.15) is 17.2 Å². The molecule has 1 atom stereocenters. The van der Waals surface area contributed by atoms with Gasteiger partial charge in [0, 0.05) is 17.5 Å². The summed E-state index contributed by atoms with van der Waals surface area (Å²) in [5, 5.41) is 7.08. The SMILES string of the molecule is CC(C)(C)NC(=S)NC1CC(C)(C)Oc2ccc(F)cc21. The van der Waals surface area contributed by atoms with Gasteiger partial charge in [-0.25, -0.2) is 4.39 Å². The van der Waals surface area contributed by atoms with E-state index in [0.29, 0.717) is 10.9 Å². The molecule has 2 rings (SSSR count). The number of hydrogen-bond acceptors (Lipinski definition) is 2. The predicted molar refractivity (Wildman–Crippen MR) is 87.1 cm³/mol. The van der Waals surface area contributed by atoms with Crippen LogP contribution in [0.15, 0.2) is 18.2 Å². The second kappa shape index (κ2) is 5.44. The Morgan fingerprint density at radius 1 is 1.38 bits per heavy atom. The van der Waals surface area contributed by atoms with Gasteiger partial charge < -0.3 is 15.4 Å². The van der Waals surface area contributed by atoms with Crippen molar-refractivity contribution >= 4 is 17.3 Å². The fourth-order valence-corrected chi connectivity index (χ4v) is 2.94. The van der Waals surface area contributed by atoms with Crippen molar-refractivity contribution in [3.05, 3.63) is 29.6 Å². The predicted octanol–water partition coefficient (Wildman–Crippen LogP) is 3.69. The van der Waals surface area contributed by atoms with Gasteiger partial charge in [0.2, 0.25) is 0 Å². The van der Waals surface area contributed by atoms with Crippen molar-refractivity contribution in [3.8, 4) is 5.75 Å². The summed E-state index contributed by atoms with van der Waals surface area (Å²) in [6.45, 7) is 10.2. The molecule has 1 aliphatic rings. The summed E-state index contributed by atoms with van der Waals surface area (Å²) >= 11 is 5.36. The third-order valence-corrected chi connectivity index (χ3v) is 3.44. The van der Waals surface area contributed by atoms with Crippen LogP contribution in [-0.4, -0.2) is 16.3 Å². The highest BCUT2D eigenvalue weighted by Gasteiger charge is 2.34. The van der Waals surface area contributed by atoms with Gasteiger partial charge in [-0.1, -0.05) is 0 Å². The van der Waals surface area contributed by atoms with Crippen LogP contribution < -0.4 is 15.4 Å². The molecular formula is C16H23FN2OS. The van der Waals surface area contributed by atoms with E-state index >= 15 is 0 Å². The van der Waals surface area contributed by atoms with Gasteiger partial charge in [-0.05, 0) is 65.0 Å². The fraction of sp³-hybridized carbons (Fsp3) is 0.562. The number of nitrogens with one attached hydrogen (secondary N) is 2. The quantitative estimate of drug-likeness (QED) is 0.775. The molecule has 3 nitrogen and oxygen atoms in total. The lowest BCUT2D eigenvalue weighted by molar-refractivity contribution is 0.0692. The van der Waals surface area contributed by atoms with E-state index in [1.165, 1.54) is 12.1 Å². The molecule has 116 valence electrons. The molecule has 0 amide bonds. The molecule has 0 aliphatic carbocycles. The maximum atomic E-state index is 13.5. The lowest BCUT2D eigenvalue weighted by atomic mass is 9.89. The van der Waals surface area contributed by atoms with Crippen LogP contribution in [0.2, 0.25) is 0 Å². The fourth-order valence-electron chi connectivity index (χ4n) is 2.49. The summed E-state index contributed by atoms with van der Waals surface area (Å²) in [6, 6.07) is 4.55. The molecule has 0 fully saturated rings. The molecule has 0 saturated carbocycles. The lowest BCUT2D eigenvalue weighted by Gasteiger charge is -2.38. The molecule has 0 spiro atoms. The monoisotopic (exact) mass is 310 g/mol. The van der Waals surface area contributed by atoms with E-state index in [0.717, 1.165) is 12.0 Å². The van der Waals surface area contributed by atoms with E-state index in [1.54, 1.807) is 6.07 Å². The average molecular weight is 310 g/mol. The zero-order valence-corrected chi connectivity index (χ0v) is 14.0. The summed E-state index contributed by atoms with van der Waals surface area (Å²) in [6.07, 6.45) is 0.718. The second-order valence-electron chi connectivity index (χ2n) is 7.15.